The summed E-state index contributed by atoms with van der Waals surface area (Å²) in [6, 6.07) is 0. The molecule has 1 aromatic heterocycles. The molecule has 0 aromatic carbocycles. The summed E-state index contributed by atoms with van der Waals surface area (Å²) in [4.78, 5) is 0. The van der Waals surface area contributed by atoms with Gasteiger partial charge < -0.3 is 5.32 Å². The molecular weight excluding hydrogens is 222 g/mol. The van der Waals surface area contributed by atoms with Crippen molar-refractivity contribution < 1.29 is 0 Å². The van der Waals surface area contributed by atoms with Gasteiger partial charge in [0.15, 0.2) is 0 Å². The highest BCUT2D eigenvalue weighted by Crippen LogP contribution is 2.41. The second kappa shape index (κ2) is 5.19. The van der Waals surface area contributed by atoms with E-state index in [0.29, 0.717) is 11.8 Å². The quantitative estimate of drug-likeness (QED) is 0.878. The minimum Gasteiger partial charge on any atom is -0.317 e. The van der Waals surface area contributed by atoms with Gasteiger partial charge in [0.05, 0.1) is 16.9 Å². The lowest BCUT2D eigenvalue weighted by atomic mass is 9.92. The average Bonchev–Trinajstić information content (AvgIpc) is 2.83. The van der Waals surface area contributed by atoms with Crippen LogP contribution in [0.1, 0.15) is 37.8 Å². The lowest BCUT2D eigenvalue weighted by molar-refractivity contribution is 0.432. The zero-order valence-electron chi connectivity index (χ0n) is 10.0. The van der Waals surface area contributed by atoms with Crippen LogP contribution in [0.25, 0.3) is 0 Å². The lowest BCUT2D eigenvalue weighted by Gasteiger charge is -2.20. The van der Waals surface area contributed by atoms with Crippen LogP contribution in [0.5, 0.6) is 0 Å². The van der Waals surface area contributed by atoms with Crippen LogP contribution in [0, 0.1) is 5.92 Å². The largest absolute Gasteiger partial charge is 0.317 e. The van der Waals surface area contributed by atoms with Gasteiger partial charge in [0.1, 0.15) is 0 Å². The van der Waals surface area contributed by atoms with Gasteiger partial charge in [0.25, 0.3) is 0 Å². The number of aromatic nitrogens is 2. The van der Waals surface area contributed by atoms with E-state index < -0.39 is 0 Å². The first-order chi connectivity index (χ1) is 7.74. The van der Waals surface area contributed by atoms with Crippen LogP contribution in [0.15, 0.2) is 6.20 Å². The monoisotopic (exact) mass is 241 g/mol. The fraction of sp³-hybridized carbons (Fsp3) is 0.750. The van der Waals surface area contributed by atoms with Gasteiger partial charge in [-0.3, -0.25) is 4.68 Å². The van der Waals surface area contributed by atoms with Crippen molar-refractivity contribution in [2.45, 2.75) is 32.1 Å². The van der Waals surface area contributed by atoms with E-state index in [1.54, 1.807) is 6.20 Å². The summed E-state index contributed by atoms with van der Waals surface area (Å²) in [7, 11) is 1.99. The molecule has 0 aliphatic heterocycles. The molecule has 0 radical (unpaired) electrons. The van der Waals surface area contributed by atoms with E-state index in [2.05, 4.69) is 17.3 Å². The molecular formula is C12H20ClN3. The number of hydrogen-bond acceptors (Lipinski definition) is 2. The Bertz CT molecular complexity index is 329. The van der Waals surface area contributed by atoms with E-state index in [1.165, 1.54) is 25.0 Å². The maximum absolute atomic E-state index is 6.22. The number of nitrogens with zero attached hydrogens (tertiary/aromatic N) is 2. The van der Waals surface area contributed by atoms with Gasteiger partial charge in [-0.2, -0.15) is 5.10 Å². The van der Waals surface area contributed by atoms with Gasteiger partial charge in [-0.1, -0.05) is 24.9 Å². The van der Waals surface area contributed by atoms with Crippen LogP contribution in [0.2, 0.25) is 5.02 Å². The summed E-state index contributed by atoms with van der Waals surface area (Å²) in [6.07, 6.45) is 5.62. The average molecular weight is 242 g/mol. The van der Waals surface area contributed by atoms with Crippen LogP contribution in [0.4, 0.5) is 0 Å². The van der Waals surface area contributed by atoms with Crippen molar-refractivity contribution >= 4 is 11.6 Å². The Morgan fingerprint density at radius 1 is 1.56 bits per heavy atom. The molecule has 1 aliphatic carbocycles. The van der Waals surface area contributed by atoms with Gasteiger partial charge >= 0.3 is 0 Å². The minimum atomic E-state index is 0.582. The van der Waals surface area contributed by atoms with Crippen molar-refractivity contribution in [1.29, 1.82) is 0 Å². The third-order valence-electron chi connectivity index (χ3n) is 3.60. The zero-order valence-corrected chi connectivity index (χ0v) is 10.8. The molecule has 0 amide bonds. The molecule has 2 unspecified atom stereocenters. The van der Waals surface area contributed by atoms with E-state index in [4.69, 9.17) is 11.6 Å². The van der Waals surface area contributed by atoms with Crippen molar-refractivity contribution in [3.63, 3.8) is 0 Å². The van der Waals surface area contributed by atoms with Crippen molar-refractivity contribution in [3.05, 3.63) is 16.9 Å². The van der Waals surface area contributed by atoms with Gasteiger partial charge in [-0.05, 0) is 31.8 Å². The highest BCUT2D eigenvalue weighted by atomic mass is 35.5. The predicted octanol–water partition coefficient (Wildman–Crippen LogP) is 2.57. The second-order valence-corrected chi connectivity index (χ2v) is 5.01. The molecule has 3 nitrogen and oxygen atoms in total. The molecule has 16 heavy (non-hydrogen) atoms. The van der Waals surface area contributed by atoms with Crippen LogP contribution in [-0.2, 0) is 7.05 Å². The summed E-state index contributed by atoms with van der Waals surface area (Å²) in [5.74, 6) is 1.30. The van der Waals surface area contributed by atoms with Gasteiger partial charge in [0.2, 0.25) is 0 Å². The Morgan fingerprint density at radius 3 is 3.00 bits per heavy atom. The number of rotatable bonds is 4. The van der Waals surface area contributed by atoms with Crippen molar-refractivity contribution in [1.82, 2.24) is 15.1 Å². The third kappa shape index (κ3) is 2.25. The van der Waals surface area contributed by atoms with Gasteiger partial charge in [-0.25, -0.2) is 0 Å². The highest BCUT2D eigenvalue weighted by molar-refractivity contribution is 6.31. The van der Waals surface area contributed by atoms with Crippen LogP contribution in [-0.4, -0.2) is 22.9 Å². The fourth-order valence-electron chi connectivity index (χ4n) is 2.81. The highest BCUT2D eigenvalue weighted by Gasteiger charge is 2.31. The Morgan fingerprint density at radius 2 is 2.38 bits per heavy atom. The summed E-state index contributed by atoms with van der Waals surface area (Å²) >= 11 is 6.22. The lowest BCUT2D eigenvalue weighted by Crippen LogP contribution is -2.25. The molecule has 2 atom stereocenters. The molecule has 0 bridgehead atoms. The van der Waals surface area contributed by atoms with Crippen molar-refractivity contribution in [3.8, 4) is 0 Å². The number of hydrogen-bond donors (Lipinski definition) is 1. The van der Waals surface area contributed by atoms with Gasteiger partial charge in [0, 0.05) is 13.0 Å². The van der Waals surface area contributed by atoms with Crippen molar-refractivity contribution in [2.24, 2.45) is 13.0 Å². The van der Waals surface area contributed by atoms with E-state index >= 15 is 0 Å². The zero-order chi connectivity index (χ0) is 11.5. The number of aryl methyl sites for hydroxylation is 1. The third-order valence-corrected chi connectivity index (χ3v) is 3.90. The van der Waals surface area contributed by atoms with E-state index in [9.17, 15) is 0 Å². The maximum Gasteiger partial charge on any atom is 0.0820 e. The van der Waals surface area contributed by atoms with E-state index in [1.807, 2.05) is 11.7 Å². The molecule has 1 N–H and O–H groups in total. The van der Waals surface area contributed by atoms with E-state index in [0.717, 1.165) is 18.1 Å². The Balaban J connectivity index is 2.13. The Labute approximate surface area is 102 Å². The summed E-state index contributed by atoms with van der Waals surface area (Å²) < 4.78 is 1.94. The molecule has 4 heteroatoms. The Hall–Kier alpha value is -0.540. The summed E-state index contributed by atoms with van der Waals surface area (Å²) in [5, 5.41) is 8.52. The first kappa shape index (κ1) is 11.9. The maximum atomic E-state index is 6.22. The van der Waals surface area contributed by atoms with Crippen molar-refractivity contribution in [2.75, 3.05) is 13.1 Å². The molecule has 0 saturated heterocycles. The molecule has 0 spiro atoms. The predicted molar refractivity (Wildman–Crippen MR) is 66.8 cm³/mol. The first-order valence-corrected chi connectivity index (χ1v) is 6.50. The number of halogens is 1. The molecule has 90 valence electrons. The summed E-state index contributed by atoms with van der Waals surface area (Å²) in [5.41, 5.74) is 1.22. The summed E-state index contributed by atoms with van der Waals surface area (Å²) in [6.45, 7) is 4.30. The minimum absolute atomic E-state index is 0.582. The molecule has 1 fully saturated rings. The standard InChI is InChI=1S/C12H20ClN3/c1-3-14-7-9-5-4-6-10(9)12-11(13)8-15-16(12)2/h8-10,14H,3-7H2,1-2H3. The fourth-order valence-corrected chi connectivity index (χ4v) is 3.11. The molecule has 1 heterocycles. The van der Waals surface area contributed by atoms with Crippen LogP contribution < -0.4 is 5.32 Å². The Kier molecular flexibility index (Phi) is 3.87. The molecule has 2 rings (SSSR count). The normalized spacial score (nSPS) is 25.2. The van der Waals surface area contributed by atoms with Crippen LogP contribution >= 0.6 is 11.6 Å². The first-order valence-electron chi connectivity index (χ1n) is 6.12. The SMILES string of the molecule is CCNCC1CCCC1c1c(Cl)cnn1C. The second-order valence-electron chi connectivity index (χ2n) is 4.61. The van der Waals surface area contributed by atoms with Gasteiger partial charge in [-0.15, -0.1) is 0 Å². The molecule has 1 saturated carbocycles. The molecule has 1 aromatic rings. The topological polar surface area (TPSA) is 29.9 Å². The number of nitrogens with one attached hydrogen (secondary N) is 1. The smallest absolute Gasteiger partial charge is 0.0820 e. The van der Waals surface area contributed by atoms with Crippen LogP contribution in [0.3, 0.4) is 0 Å². The van der Waals surface area contributed by atoms with E-state index in [-0.39, 0.29) is 0 Å². The molecule has 1 aliphatic rings.